The van der Waals surface area contributed by atoms with Crippen LogP contribution < -0.4 is 15.8 Å². The second-order valence-corrected chi connectivity index (χ2v) is 8.95. The highest BCUT2D eigenvalue weighted by atomic mass is 16.2. The first-order valence-electron chi connectivity index (χ1n) is 12.2. The van der Waals surface area contributed by atoms with Gasteiger partial charge in [0, 0.05) is 31.2 Å². The smallest absolute Gasteiger partial charge is 0.274 e. The van der Waals surface area contributed by atoms with Crippen molar-refractivity contribution in [3.05, 3.63) is 100 Å². The van der Waals surface area contributed by atoms with Crippen LogP contribution in [0.15, 0.2) is 77.7 Å². The standard InChI is InChI=1S/C28H29N5O2/c34-27(30-19-22-14-15-25(29-18-22)32-16-8-1-2-9-17-32)26-23-12-6-7-13-24(23)28(35)33(31-26)20-21-10-4-3-5-11-21/h3-7,10-15,18H,1-2,8-9,16-17,19-20H2,(H,30,34). The van der Waals surface area contributed by atoms with E-state index in [0.29, 0.717) is 23.9 Å². The molecule has 0 atom stereocenters. The van der Waals surface area contributed by atoms with Gasteiger partial charge in [0.1, 0.15) is 5.82 Å². The molecule has 5 rings (SSSR count). The summed E-state index contributed by atoms with van der Waals surface area (Å²) in [6.45, 7) is 2.72. The van der Waals surface area contributed by atoms with Crippen molar-refractivity contribution in [3.8, 4) is 0 Å². The molecule has 178 valence electrons. The molecule has 2 aromatic carbocycles. The summed E-state index contributed by atoms with van der Waals surface area (Å²) in [6, 6.07) is 20.8. The van der Waals surface area contributed by atoms with E-state index in [1.165, 1.54) is 30.4 Å². The number of fused-ring (bicyclic) bond motifs is 1. The normalized spacial score (nSPS) is 14.0. The van der Waals surface area contributed by atoms with Crippen molar-refractivity contribution in [3.63, 3.8) is 0 Å². The van der Waals surface area contributed by atoms with E-state index in [9.17, 15) is 9.59 Å². The molecule has 1 N–H and O–H groups in total. The Morgan fingerprint density at radius 2 is 1.54 bits per heavy atom. The van der Waals surface area contributed by atoms with E-state index in [-0.39, 0.29) is 17.2 Å². The first kappa shape index (κ1) is 22.8. The molecule has 1 saturated heterocycles. The predicted octanol–water partition coefficient (Wildman–Crippen LogP) is 4.15. The maximum absolute atomic E-state index is 13.2. The van der Waals surface area contributed by atoms with E-state index in [2.05, 4.69) is 20.3 Å². The van der Waals surface area contributed by atoms with Gasteiger partial charge in [0.15, 0.2) is 5.69 Å². The summed E-state index contributed by atoms with van der Waals surface area (Å²) in [7, 11) is 0. The molecule has 1 amide bonds. The average molecular weight is 468 g/mol. The second-order valence-electron chi connectivity index (χ2n) is 8.95. The Balaban J connectivity index is 1.34. The molecular formula is C28H29N5O2. The van der Waals surface area contributed by atoms with Gasteiger partial charge in [0.05, 0.1) is 11.9 Å². The van der Waals surface area contributed by atoms with Crippen LogP contribution in [0.2, 0.25) is 0 Å². The van der Waals surface area contributed by atoms with Crippen LogP contribution in [0.3, 0.4) is 0 Å². The highest BCUT2D eigenvalue weighted by molar-refractivity contribution is 6.04. The molecule has 0 spiro atoms. The first-order chi connectivity index (χ1) is 17.2. The van der Waals surface area contributed by atoms with Gasteiger partial charge in [0.25, 0.3) is 11.5 Å². The maximum atomic E-state index is 13.2. The zero-order valence-electron chi connectivity index (χ0n) is 19.7. The highest BCUT2D eigenvalue weighted by Gasteiger charge is 2.17. The number of nitrogens with one attached hydrogen (secondary N) is 1. The van der Waals surface area contributed by atoms with Gasteiger partial charge >= 0.3 is 0 Å². The third-order valence-electron chi connectivity index (χ3n) is 6.45. The number of aromatic nitrogens is 3. The quantitative estimate of drug-likeness (QED) is 0.461. The predicted molar refractivity (Wildman–Crippen MR) is 138 cm³/mol. The number of hydrogen-bond donors (Lipinski definition) is 1. The first-order valence-corrected chi connectivity index (χ1v) is 12.2. The number of hydrogen-bond acceptors (Lipinski definition) is 5. The van der Waals surface area contributed by atoms with Crippen molar-refractivity contribution in [1.82, 2.24) is 20.1 Å². The summed E-state index contributed by atoms with van der Waals surface area (Å²) < 4.78 is 1.37. The van der Waals surface area contributed by atoms with Crippen molar-refractivity contribution in [2.24, 2.45) is 0 Å². The van der Waals surface area contributed by atoms with Crippen LogP contribution in [0.1, 0.15) is 47.3 Å². The van der Waals surface area contributed by atoms with E-state index in [0.717, 1.165) is 30.0 Å². The lowest BCUT2D eigenvalue weighted by Gasteiger charge is -2.21. The van der Waals surface area contributed by atoms with Gasteiger partial charge in [-0.1, -0.05) is 67.4 Å². The van der Waals surface area contributed by atoms with Crippen LogP contribution in [0.25, 0.3) is 10.8 Å². The molecular weight excluding hydrogens is 438 g/mol. The number of nitrogens with zero attached hydrogens (tertiary/aromatic N) is 4. The molecule has 0 bridgehead atoms. The van der Waals surface area contributed by atoms with Crippen LogP contribution in [-0.2, 0) is 13.1 Å². The molecule has 7 nitrogen and oxygen atoms in total. The van der Waals surface area contributed by atoms with Crippen LogP contribution in [-0.4, -0.2) is 33.8 Å². The Morgan fingerprint density at radius 1 is 0.829 bits per heavy atom. The summed E-state index contributed by atoms with van der Waals surface area (Å²) in [5.41, 5.74) is 1.89. The Morgan fingerprint density at radius 3 is 2.26 bits per heavy atom. The number of rotatable bonds is 6. The molecule has 7 heteroatoms. The Labute approximate surface area is 204 Å². The van der Waals surface area contributed by atoms with E-state index in [1.807, 2.05) is 54.7 Å². The fourth-order valence-corrected chi connectivity index (χ4v) is 4.54. The molecule has 2 aromatic heterocycles. The Kier molecular flexibility index (Phi) is 6.84. The highest BCUT2D eigenvalue weighted by Crippen LogP contribution is 2.18. The molecule has 0 unspecified atom stereocenters. The van der Waals surface area contributed by atoms with Crippen LogP contribution in [0.4, 0.5) is 5.82 Å². The van der Waals surface area contributed by atoms with Crippen LogP contribution in [0, 0.1) is 0 Å². The number of pyridine rings is 1. The van der Waals surface area contributed by atoms with Crippen molar-refractivity contribution in [2.75, 3.05) is 18.0 Å². The van der Waals surface area contributed by atoms with E-state index in [4.69, 9.17) is 0 Å². The maximum Gasteiger partial charge on any atom is 0.274 e. The lowest BCUT2D eigenvalue weighted by atomic mass is 10.1. The van der Waals surface area contributed by atoms with Gasteiger partial charge in [-0.3, -0.25) is 9.59 Å². The third-order valence-corrected chi connectivity index (χ3v) is 6.45. The summed E-state index contributed by atoms with van der Waals surface area (Å²) >= 11 is 0. The van der Waals surface area contributed by atoms with Gasteiger partial charge in [-0.2, -0.15) is 5.10 Å². The molecule has 4 aromatic rings. The number of carbonyl (C=O) groups is 1. The second kappa shape index (κ2) is 10.5. The number of anilines is 1. The summed E-state index contributed by atoms with van der Waals surface area (Å²) in [5, 5.41) is 8.45. The molecule has 0 saturated carbocycles. The Hall–Kier alpha value is -4.00. The molecule has 1 aliphatic rings. The number of amides is 1. The van der Waals surface area contributed by atoms with Crippen molar-refractivity contribution >= 4 is 22.5 Å². The van der Waals surface area contributed by atoms with Crippen LogP contribution >= 0.6 is 0 Å². The van der Waals surface area contributed by atoms with E-state index >= 15 is 0 Å². The van der Waals surface area contributed by atoms with Gasteiger partial charge < -0.3 is 10.2 Å². The molecule has 0 aliphatic carbocycles. The summed E-state index contributed by atoms with van der Waals surface area (Å²) in [6.07, 6.45) is 6.78. The summed E-state index contributed by atoms with van der Waals surface area (Å²) in [5.74, 6) is 0.669. The molecule has 1 fully saturated rings. The number of benzene rings is 2. The SMILES string of the molecule is O=C(NCc1ccc(N2CCCCCC2)nc1)c1nn(Cc2ccccc2)c(=O)c2ccccc12. The minimum Gasteiger partial charge on any atom is -0.357 e. The van der Waals surface area contributed by atoms with Gasteiger partial charge in [0.2, 0.25) is 0 Å². The van der Waals surface area contributed by atoms with Crippen molar-refractivity contribution < 1.29 is 4.79 Å². The van der Waals surface area contributed by atoms with Gasteiger partial charge in [-0.25, -0.2) is 9.67 Å². The van der Waals surface area contributed by atoms with E-state index in [1.54, 1.807) is 18.2 Å². The van der Waals surface area contributed by atoms with E-state index < -0.39 is 0 Å². The lowest BCUT2D eigenvalue weighted by molar-refractivity contribution is 0.0945. The molecule has 3 heterocycles. The number of carbonyl (C=O) groups excluding carboxylic acids is 1. The largest absolute Gasteiger partial charge is 0.357 e. The minimum absolute atomic E-state index is 0.214. The van der Waals surface area contributed by atoms with Gasteiger partial charge in [-0.05, 0) is 36.1 Å². The van der Waals surface area contributed by atoms with Crippen molar-refractivity contribution in [2.45, 2.75) is 38.8 Å². The third kappa shape index (κ3) is 5.24. The fraction of sp³-hybridized carbons (Fsp3) is 0.286. The average Bonchev–Trinajstić information content (AvgIpc) is 3.20. The fourth-order valence-electron chi connectivity index (χ4n) is 4.54. The zero-order chi connectivity index (χ0) is 24.0. The monoisotopic (exact) mass is 467 g/mol. The molecule has 1 aliphatic heterocycles. The van der Waals surface area contributed by atoms with Gasteiger partial charge in [-0.15, -0.1) is 0 Å². The van der Waals surface area contributed by atoms with Crippen molar-refractivity contribution in [1.29, 1.82) is 0 Å². The Bertz CT molecular complexity index is 1360. The minimum atomic E-state index is -0.320. The topological polar surface area (TPSA) is 80.1 Å². The molecule has 35 heavy (non-hydrogen) atoms. The van der Waals surface area contributed by atoms with Crippen LogP contribution in [0.5, 0.6) is 0 Å². The summed E-state index contributed by atoms with van der Waals surface area (Å²) in [4.78, 5) is 33.2. The zero-order valence-corrected chi connectivity index (χ0v) is 19.7. The molecule has 0 radical (unpaired) electrons. The lowest BCUT2D eigenvalue weighted by Crippen LogP contribution is -2.31.